The highest BCUT2D eigenvalue weighted by Gasteiger charge is 2.20. The van der Waals surface area contributed by atoms with Gasteiger partial charge in [-0.25, -0.2) is 9.59 Å². The summed E-state index contributed by atoms with van der Waals surface area (Å²) in [6.45, 7) is 3.91. The number of carbonyl (C=O) groups excluding carboxylic acids is 1. The fraction of sp³-hybridized carbons (Fsp3) is 0.500. The van der Waals surface area contributed by atoms with Crippen LogP contribution in [0.1, 0.15) is 18.7 Å². The molecule has 0 fully saturated rings. The van der Waals surface area contributed by atoms with Crippen molar-refractivity contribution in [3.63, 3.8) is 0 Å². The standard InChI is InChI=1S/C12H18N2O4S/c1-8(2)14(7-9-4-3-5-19-9)12(18)13-6-10(15)11(16)17/h3-5,8,10,15H,6-7H2,1-2H3,(H,13,18)(H,16,17)/t10-/m0/s1. The van der Waals surface area contributed by atoms with E-state index in [-0.39, 0.29) is 18.6 Å². The molecule has 1 heterocycles. The second kappa shape index (κ2) is 7.10. The van der Waals surface area contributed by atoms with E-state index in [0.717, 1.165) is 4.88 Å². The normalized spacial score (nSPS) is 12.2. The summed E-state index contributed by atoms with van der Waals surface area (Å²) in [6, 6.07) is 3.43. The van der Waals surface area contributed by atoms with Crippen molar-refractivity contribution in [3.05, 3.63) is 22.4 Å². The third kappa shape index (κ3) is 4.88. The van der Waals surface area contributed by atoms with Crippen molar-refractivity contribution in [2.24, 2.45) is 0 Å². The number of rotatable bonds is 6. The number of carboxylic acid groups (broad SMARTS) is 1. The Bertz CT molecular complexity index is 419. The zero-order valence-corrected chi connectivity index (χ0v) is 11.7. The highest BCUT2D eigenvalue weighted by atomic mass is 32.1. The van der Waals surface area contributed by atoms with Crippen molar-refractivity contribution in [1.82, 2.24) is 10.2 Å². The number of aliphatic hydroxyl groups is 1. The van der Waals surface area contributed by atoms with Crippen LogP contribution in [-0.4, -0.2) is 45.8 Å². The van der Waals surface area contributed by atoms with E-state index in [2.05, 4.69) is 5.32 Å². The minimum Gasteiger partial charge on any atom is -0.479 e. The Kier molecular flexibility index (Phi) is 5.78. The second-order valence-electron chi connectivity index (χ2n) is 4.34. The van der Waals surface area contributed by atoms with Crippen LogP contribution < -0.4 is 5.32 Å². The topological polar surface area (TPSA) is 89.9 Å². The van der Waals surface area contributed by atoms with E-state index in [0.29, 0.717) is 6.54 Å². The number of nitrogens with one attached hydrogen (secondary N) is 1. The van der Waals surface area contributed by atoms with Crippen molar-refractivity contribution in [2.75, 3.05) is 6.54 Å². The van der Waals surface area contributed by atoms with Gasteiger partial charge in [0.25, 0.3) is 0 Å². The number of aliphatic carboxylic acids is 1. The Morgan fingerprint density at radius 2 is 2.16 bits per heavy atom. The zero-order valence-electron chi connectivity index (χ0n) is 10.9. The zero-order chi connectivity index (χ0) is 14.4. The molecule has 1 aromatic heterocycles. The van der Waals surface area contributed by atoms with Gasteiger partial charge in [-0.3, -0.25) is 0 Å². The highest BCUT2D eigenvalue weighted by molar-refractivity contribution is 7.09. The summed E-state index contributed by atoms with van der Waals surface area (Å²) < 4.78 is 0. The van der Waals surface area contributed by atoms with Crippen molar-refractivity contribution in [3.8, 4) is 0 Å². The third-order valence-corrected chi connectivity index (χ3v) is 3.38. The van der Waals surface area contributed by atoms with E-state index >= 15 is 0 Å². The fourth-order valence-corrected chi connectivity index (χ4v) is 2.13. The van der Waals surface area contributed by atoms with Crippen molar-refractivity contribution >= 4 is 23.3 Å². The first-order chi connectivity index (χ1) is 8.91. The van der Waals surface area contributed by atoms with Crippen LogP contribution in [0.4, 0.5) is 4.79 Å². The predicted molar refractivity (Wildman–Crippen MR) is 72.0 cm³/mol. The number of hydrogen-bond donors (Lipinski definition) is 3. The molecule has 0 saturated heterocycles. The SMILES string of the molecule is CC(C)N(Cc1cccs1)C(=O)NC[C@H](O)C(=O)O. The molecule has 106 valence electrons. The summed E-state index contributed by atoms with van der Waals surface area (Å²) in [4.78, 5) is 25.0. The van der Waals surface area contributed by atoms with Gasteiger partial charge >= 0.3 is 12.0 Å². The number of hydrogen-bond acceptors (Lipinski definition) is 4. The average molecular weight is 286 g/mol. The quantitative estimate of drug-likeness (QED) is 0.731. The molecule has 19 heavy (non-hydrogen) atoms. The fourth-order valence-electron chi connectivity index (χ4n) is 1.43. The van der Waals surface area contributed by atoms with Crippen LogP contribution in [0.15, 0.2) is 17.5 Å². The Balaban J connectivity index is 2.56. The molecule has 1 aromatic rings. The number of aliphatic hydroxyl groups excluding tert-OH is 1. The van der Waals surface area contributed by atoms with Crippen LogP contribution >= 0.6 is 11.3 Å². The van der Waals surface area contributed by atoms with E-state index in [1.165, 1.54) is 0 Å². The first kappa shape index (κ1) is 15.5. The summed E-state index contributed by atoms with van der Waals surface area (Å²) in [5.41, 5.74) is 0. The van der Waals surface area contributed by atoms with Gasteiger partial charge in [0, 0.05) is 10.9 Å². The van der Waals surface area contributed by atoms with E-state index in [9.17, 15) is 9.59 Å². The van der Waals surface area contributed by atoms with Gasteiger partial charge in [0.05, 0.1) is 13.1 Å². The Hall–Kier alpha value is -1.60. The smallest absolute Gasteiger partial charge is 0.334 e. The summed E-state index contributed by atoms with van der Waals surface area (Å²) in [7, 11) is 0. The van der Waals surface area contributed by atoms with E-state index in [1.807, 2.05) is 31.4 Å². The molecule has 0 aliphatic carbocycles. The van der Waals surface area contributed by atoms with Gasteiger partial charge in [-0.1, -0.05) is 6.07 Å². The molecule has 0 aliphatic rings. The van der Waals surface area contributed by atoms with Crippen molar-refractivity contribution in [1.29, 1.82) is 0 Å². The summed E-state index contributed by atoms with van der Waals surface area (Å²) in [5, 5.41) is 22.0. The molecular formula is C12H18N2O4S. The molecule has 6 nitrogen and oxygen atoms in total. The van der Waals surface area contributed by atoms with E-state index < -0.39 is 12.1 Å². The summed E-state index contributed by atoms with van der Waals surface area (Å²) >= 11 is 1.55. The molecule has 2 amide bonds. The molecule has 0 spiro atoms. The minimum atomic E-state index is -1.58. The summed E-state index contributed by atoms with van der Waals surface area (Å²) in [6.07, 6.45) is -1.58. The third-order valence-electron chi connectivity index (χ3n) is 2.52. The number of nitrogens with zero attached hydrogens (tertiary/aromatic N) is 1. The number of thiophene rings is 1. The lowest BCUT2D eigenvalue weighted by atomic mass is 10.3. The molecule has 0 bridgehead atoms. The lowest BCUT2D eigenvalue weighted by Gasteiger charge is -2.26. The maximum atomic E-state index is 12.0. The monoisotopic (exact) mass is 286 g/mol. The van der Waals surface area contributed by atoms with Crippen LogP contribution in [-0.2, 0) is 11.3 Å². The Morgan fingerprint density at radius 3 is 2.63 bits per heavy atom. The van der Waals surface area contributed by atoms with Crippen LogP contribution in [0, 0.1) is 0 Å². The molecule has 3 N–H and O–H groups in total. The molecule has 0 aliphatic heterocycles. The van der Waals surface area contributed by atoms with E-state index in [1.54, 1.807) is 16.2 Å². The van der Waals surface area contributed by atoms with Crippen LogP contribution in [0.2, 0.25) is 0 Å². The van der Waals surface area contributed by atoms with Crippen LogP contribution in [0.5, 0.6) is 0 Å². The number of carboxylic acids is 1. The van der Waals surface area contributed by atoms with Gasteiger partial charge in [-0.15, -0.1) is 11.3 Å². The van der Waals surface area contributed by atoms with Crippen LogP contribution in [0.25, 0.3) is 0 Å². The average Bonchev–Trinajstić information content (AvgIpc) is 2.84. The van der Waals surface area contributed by atoms with Gasteiger partial charge in [0.15, 0.2) is 6.10 Å². The van der Waals surface area contributed by atoms with E-state index in [4.69, 9.17) is 10.2 Å². The van der Waals surface area contributed by atoms with Gasteiger partial charge in [-0.2, -0.15) is 0 Å². The van der Waals surface area contributed by atoms with Crippen molar-refractivity contribution in [2.45, 2.75) is 32.5 Å². The van der Waals surface area contributed by atoms with Crippen LogP contribution in [0.3, 0.4) is 0 Å². The highest BCUT2D eigenvalue weighted by Crippen LogP contribution is 2.13. The molecule has 0 radical (unpaired) electrons. The largest absolute Gasteiger partial charge is 0.479 e. The van der Waals surface area contributed by atoms with Gasteiger partial charge in [-0.05, 0) is 25.3 Å². The Morgan fingerprint density at radius 1 is 1.47 bits per heavy atom. The number of carbonyl (C=O) groups is 2. The van der Waals surface area contributed by atoms with Crippen molar-refractivity contribution < 1.29 is 19.8 Å². The molecule has 1 atom stereocenters. The predicted octanol–water partition coefficient (Wildman–Crippen LogP) is 1.11. The first-order valence-corrected chi connectivity index (χ1v) is 6.77. The molecule has 0 unspecified atom stereocenters. The summed E-state index contributed by atoms with van der Waals surface area (Å²) in [5.74, 6) is -1.35. The number of amides is 2. The van der Waals surface area contributed by atoms with Gasteiger partial charge in [0.1, 0.15) is 0 Å². The lowest BCUT2D eigenvalue weighted by Crippen LogP contribution is -2.46. The molecule has 1 rings (SSSR count). The second-order valence-corrected chi connectivity index (χ2v) is 5.37. The molecule has 7 heteroatoms. The maximum Gasteiger partial charge on any atom is 0.334 e. The van der Waals surface area contributed by atoms with Gasteiger partial charge < -0.3 is 20.4 Å². The molecule has 0 aromatic carbocycles. The first-order valence-electron chi connectivity index (χ1n) is 5.89. The lowest BCUT2D eigenvalue weighted by molar-refractivity contribution is -0.146. The Labute approximate surface area is 115 Å². The van der Waals surface area contributed by atoms with Gasteiger partial charge in [0.2, 0.25) is 0 Å². The number of urea groups is 1. The molecule has 0 saturated carbocycles. The minimum absolute atomic E-state index is 0.0240. The molecular weight excluding hydrogens is 268 g/mol. The maximum absolute atomic E-state index is 12.0.